The van der Waals surface area contributed by atoms with Gasteiger partial charge in [-0.25, -0.2) is 9.37 Å². The van der Waals surface area contributed by atoms with Crippen molar-refractivity contribution in [2.45, 2.75) is 45.2 Å². The highest BCUT2D eigenvalue weighted by molar-refractivity contribution is 6.00. The van der Waals surface area contributed by atoms with Gasteiger partial charge in [0.1, 0.15) is 40.0 Å². The Morgan fingerprint density at radius 3 is 2.73 bits per heavy atom. The molecule has 1 saturated carbocycles. The highest BCUT2D eigenvalue weighted by Crippen LogP contribution is 2.42. The van der Waals surface area contributed by atoms with Crippen LogP contribution in [0.15, 0.2) is 35.0 Å². The predicted octanol–water partition coefficient (Wildman–Crippen LogP) is 5.31. The predicted molar refractivity (Wildman–Crippen MR) is 122 cm³/mol. The molecule has 1 N–H and O–H groups in total. The molecule has 0 radical (unpaired) electrons. The zero-order chi connectivity index (χ0) is 23.1. The number of halogens is 1. The number of ether oxygens (including phenoxy) is 2. The van der Waals surface area contributed by atoms with E-state index in [9.17, 15) is 4.39 Å². The molecule has 5 rings (SSSR count). The molecule has 1 fully saturated rings. The van der Waals surface area contributed by atoms with Crippen LogP contribution in [0.1, 0.15) is 50.0 Å². The molecule has 0 atom stereocenters. The fourth-order valence-corrected chi connectivity index (χ4v) is 3.96. The summed E-state index contributed by atoms with van der Waals surface area (Å²) in [6, 6.07) is 7.46. The number of pyridine rings is 1. The van der Waals surface area contributed by atoms with Gasteiger partial charge in [0, 0.05) is 36.2 Å². The molecule has 172 valence electrons. The minimum atomic E-state index is -0.434. The van der Waals surface area contributed by atoms with E-state index in [0.717, 1.165) is 24.2 Å². The molecule has 0 bridgehead atoms. The summed E-state index contributed by atoms with van der Waals surface area (Å²) in [5.41, 5.74) is 2.42. The Balaban J connectivity index is 1.58. The van der Waals surface area contributed by atoms with Crippen LogP contribution in [0.4, 0.5) is 10.2 Å². The number of anilines is 1. The van der Waals surface area contributed by atoms with Crippen molar-refractivity contribution in [1.82, 2.24) is 19.9 Å². The first kappa shape index (κ1) is 21.2. The minimum Gasteiger partial charge on any atom is -0.497 e. The molecule has 4 aromatic rings. The summed E-state index contributed by atoms with van der Waals surface area (Å²) >= 11 is 0. The van der Waals surface area contributed by atoms with Gasteiger partial charge in [0.15, 0.2) is 5.82 Å². The van der Waals surface area contributed by atoms with Crippen LogP contribution in [0.25, 0.3) is 22.3 Å². The monoisotopic (exact) mass is 451 g/mol. The maximum atomic E-state index is 15.0. The summed E-state index contributed by atoms with van der Waals surface area (Å²) in [4.78, 5) is 4.36. The third kappa shape index (κ3) is 3.88. The van der Waals surface area contributed by atoms with Gasteiger partial charge >= 0.3 is 0 Å². The first-order chi connectivity index (χ1) is 16.0. The average molecular weight is 452 g/mol. The molecule has 0 spiro atoms. The van der Waals surface area contributed by atoms with Gasteiger partial charge in [-0.1, -0.05) is 5.16 Å². The highest BCUT2D eigenvalue weighted by Gasteiger charge is 2.30. The van der Waals surface area contributed by atoms with E-state index in [1.807, 2.05) is 38.1 Å². The fourth-order valence-electron chi connectivity index (χ4n) is 3.96. The third-order valence-electron chi connectivity index (χ3n) is 5.86. The molecule has 0 saturated heterocycles. The zero-order valence-electron chi connectivity index (χ0n) is 19.1. The van der Waals surface area contributed by atoms with Gasteiger partial charge in [0.2, 0.25) is 0 Å². The molecule has 1 aliphatic rings. The van der Waals surface area contributed by atoms with Crippen molar-refractivity contribution in [3.63, 3.8) is 0 Å². The molecule has 1 aromatic carbocycles. The van der Waals surface area contributed by atoms with Gasteiger partial charge in [-0.05, 0) is 38.8 Å². The van der Waals surface area contributed by atoms with Gasteiger partial charge in [0.25, 0.3) is 0 Å². The lowest BCUT2D eigenvalue weighted by Crippen LogP contribution is -2.06. The Bertz CT molecular complexity index is 1310. The summed E-state index contributed by atoms with van der Waals surface area (Å²) < 4.78 is 33.0. The summed E-state index contributed by atoms with van der Waals surface area (Å²) in [6.45, 7) is 4.34. The molecular weight excluding hydrogens is 425 g/mol. The maximum Gasteiger partial charge on any atom is 0.167 e. The Morgan fingerprint density at radius 2 is 2.03 bits per heavy atom. The highest BCUT2D eigenvalue weighted by atomic mass is 19.1. The lowest BCUT2D eigenvalue weighted by Gasteiger charge is -2.13. The molecule has 3 heterocycles. The van der Waals surface area contributed by atoms with E-state index in [1.54, 1.807) is 18.9 Å². The van der Waals surface area contributed by atoms with Crippen LogP contribution >= 0.6 is 0 Å². The smallest absolute Gasteiger partial charge is 0.167 e. The summed E-state index contributed by atoms with van der Waals surface area (Å²) in [5, 5.41) is 12.9. The van der Waals surface area contributed by atoms with Gasteiger partial charge in [-0.15, -0.1) is 0 Å². The van der Waals surface area contributed by atoms with Crippen molar-refractivity contribution in [3.8, 4) is 22.9 Å². The SMILES string of the molecule is COc1ccc(CNc2ncc(F)c3c2c(-c2cc(C4CC4)on2)nn3C(C)C)c(OC)c1. The first-order valence-electron chi connectivity index (χ1n) is 11.0. The minimum absolute atomic E-state index is 0.0533. The van der Waals surface area contributed by atoms with E-state index in [4.69, 9.17) is 19.1 Å². The number of benzene rings is 1. The number of fused-ring (bicyclic) bond motifs is 1. The molecule has 9 heteroatoms. The van der Waals surface area contributed by atoms with E-state index in [-0.39, 0.29) is 6.04 Å². The van der Waals surface area contributed by atoms with Crippen molar-refractivity contribution in [2.24, 2.45) is 0 Å². The number of hydrogen-bond acceptors (Lipinski definition) is 7. The second kappa shape index (κ2) is 8.38. The van der Waals surface area contributed by atoms with Crippen molar-refractivity contribution >= 4 is 16.7 Å². The number of nitrogens with one attached hydrogen (secondary N) is 1. The lowest BCUT2D eigenvalue weighted by atomic mass is 10.1. The van der Waals surface area contributed by atoms with Crippen molar-refractivity contribution in [2.75, 3.05) is 19.5 Å². The topological polar surface area (TPSA) is 87.2 Å². The lowest BCUT2D eigenvalue weighted by molar-refractivity contribution is 0.386. The summed E-state index contributed by atoms with van der Waals surface area (Å²) in [7, 11) is 3.22. The zero-order valence-corrected chi connectivity index (χ0v) is 19.1. The maximum absolute atomic E-state index is 15.0. The first-order valence-corrected chi connectivity index (χ1v) is 11.0. The Kier molecular flexibility index (Phi) is 5.39. The fraction of sp³-hybridized carbons (Fsp3) is 0.375. The molecule has 0 amide bonds. The van der Waals surface area contributed by atoms with Crippen molar-refractivity contribution < 1.29 is 18.4 Å². The van der Waals surface area contributed by atoms with Gasteiger partial charge in [-0.2, -0.15) is 5.10 Å². The van der Waals surface area contributed by atoms with E-state index >= 15 is 0 Å². The molecule has 8 nitrogen and oxygen atoms in total. The summed E-state index contributed by atoms with van der Waals surface area (Å²) in [5.74, 6) is 2.73. The number of hydrogen-bond donors (Lipinski definition) is 1. The molecular formula is C24H26FN5O3. The molecule has 0 unspecified atom stereocenters. The van der Waals surface area contributed by atoms with Gasteiger partial charge in [-0.3, -0.25) is 4.68 Å². The molecule has 3 aromatic heterocycles. The van der Waals surface area contributed by atoms with Crippen LogP contribution in [0.3, 0.4) is 0 Å². The Morgan fingerprint density at radius 1 is 1.21 bits per heavy atom. The van der Waals surface area contributed by atoms with Crippen molar-refractivity contribution in [1.29, 1.82) is 0 Å². The van der Waals surface area contributed by atoms with Crippen LogP contribution in [0.5, 0.6) is 11.5 Å². The number of aromatic nitrogens is 4. The third-order valence-corrected chi connectivity index (χ3v) is 5.86. The van der Waals surface area contributed by atoms with Crippen LogP contribution in [0.2, 0.25) is 0 Å². The van der Waals surface area contributed by atoms with Gasteiger partial charge < -0.3 is 19.3 Å². The normalized spacial score (nSPS) is 13.6. The summed E-state index contributed by atoms with van der Waals surface area (Å²) in [6.07, 6.45) is 3.42. The van der Waals surface area contributed by atoms with E-state index in [2.05, 4.69) is 15.5 Å². The van der Waals surface area contributed by atoms with Crippen LogP contribution in [-0.2, 0) is 6.54 Å². The number of rotatable bonds is 8. The van der Waals surface area contributed by atoms with Crippen molar-refractivity contribution in [3.05, 3.63) is 47.6 Å². The molecule has 33 heavy (non-hydrogen) atoms. The Hall–Kier alpha value is -3.62. The van der Waals surface area contributed by atoms with Crippen LogP contribution in [-0.4, -0.2) is 34.1 Å². The molecule has 0 aliphatic heterocycles. The van der Waals surface area contributed by atoms with Gasteiger partial charge in [0.05, 0.1) is 25.8 Å². The van der Waals surface area contributed by atoms with E-state index in [0.29, 0.717) is 52.1 Å². The average Bonchev–Trinajstić information content (AvgIpc) is 3.40. The largest absolute Gasteiger partial charge is 0.497 e. The number of nitrogens with zero attached hydrogens (tertiary/aromatic N) is 4. The van der Waals surface area contributed by atoms with Crippen LogP contribution < -0.4 is 14.8 Å². The number of methoxy groups -OCH3 is 2. The second-order valence-corrected chi connectivity index (χ2v) is 8.49. The quantitative estimate of drug-likeness (QED) is 0.388. The van der Waals surface area contributed by atoms with E-state index < -0.39 is 5.82 Å². The Labute approximate surface area is 190 Å². The molecule has 1 aliphatic carbocycles. The van der Waals surface area contributed by atoms with E-state index in [1.165, 1.54) is 6.20 Å². The standard InChI is InChI=1S/C24H26FN5O3/c1-13(2)30-23-17(25)12-27-24(26-11-15-7-8-16(31-3)9-19(15)32-4)21(23)22(28-30)18-10-20(33-29-18)14-5-6-14/h7-10,12-14H,5-6,11H2,1-4H3,(H,26,27). The van der Waals surface area contributed by atoms with Crippen LogP contribution in [0, 0.1) is 5.82 Å². The second-order valence-electron chi connectivity index (χ2n) is 8.49.